The average Bonchev–Trinajstić information content (AvgIpc) is 3.06. The van der Waals surface area contributed by atoms with Gasteiger partial charge in [-0.1, -0.05) is 31.5 Å². The predicted octanol–water partition coefficient (Wildman–Crippen LogP) is 3.31. The molecule has 138 valence electrons. The molecule has 1 unspecified atom stereocenters. The average molecular weight is 364 g/mol. The van der Waals surface area contributed by atoms with E-state index in [9.17, 15) is 5.11 Å². The third-order valence-electron chi connectivity index (χ3n) is 3.72. The topological polar surface area (TPSA) is 65.9 Å². The number of fused-ring (bicyclic) bond motifs is 1. The lowest BCUT2D eigenvalue weighted by atomic mass is 10.2. The van der Waals surface area contributed by atoms with Crippen LogP contribution in [-0.4, -0.2) is 43.9 Å². The molecule has 0 aliphatic rings. The van der Waals surface area contributed by atoms with Gasteiger partial charge in [-0.3, -0.25) is 4.99 Å². The van der Waals surface area contributed by atoms with Gasteiger partial charge in [-0.25, -0.2) is 0 Å². The molecular formula is C19H29N3O2S. The normalized spacial score (nSPS) is 13.2. The second-order valence-corrected chi connectivity index (χ2v) is 6.93. The van der Waals surface area contributed by atoms with Crippen molar-refractivity contribution in [3.63, 3.8) is 0 Å². The summed E-state index contributed by atoms with van der Waals surface area (Å²) in [4.78, 5) is 5.44. The van der Waals surface area contributed by atoms with Crippen molar-refractivity contribution >= 4 is 27.4 Å². The largest absolute Gasteiger partial charge is 0.386 e. The molecule has 3 N–H and O–H groups in total. The van der Waals surface area contributed by atoms with Gasteiger partial charge in [0.1, 0.15) is 6.10 Å². The van der Waals surface area contributed by atoms with Crippen molar-refractivity contribution in [1.29, 1.82) is 0 Å². The van der Waals surface area contributed by atoms with E-state index in [-0.39, 0.29) is 0 Å². The third-order valence-corrected chi connectivity index (χ3v) is 4.94. The maximum absolute atomic E-state index is 10.4. The molecule has 0 aliphatic heterocycles. The van der Waals surface area contributed by atoms with Crippen molar-refractivity contribution < 1.29 is 9.84 Å². The highest BCUT2D eigenvalue weighted by Gasteiger charge is 2.11. The Morgan fingerprint density at radius 3 is 2.84 bits per heavy atom. The quantitative estimate of drug-likeness (QED) is 0.344. The number of thiophene rings is 1. The lowest BCUT2D eigenvalue weighted by Crippen LogP contribution is -2.39. The fourth-order valence-corrected chi connectivity index (χ4v) is 3.41. The number of benzene rings is 1. The van der Waals surface area contributed by atoms with E-state index in [0.717, 1.165) is 30.9 Å². The molecule has 0 saturated heterocycles. The Balaban J connectivity index is 1.84. The first-order valence-corrected chi connectivity index (χ1v) is 9.82. The van der Waals surface area contributed by atoms with Gasteiger partial charge in [-0.2, -0.15) is 0 Å². The van der Waals surface area contributed by atoms with E-state index < -0.39 is 6.10 Å². The molecule has 0 amide bonds. The number of hydrogen-bond donors (Lipinski definition) is 3. The first kappa shape index (κ1) is 19.7. The van der Waals surface area contributed by atoms with Crippen LogP contribution in [0.4, 0.5) is 0 Å². The van der Waals surface area contributed by atoms with E-state index in [4.69, 9.17) is 4.74 Å². The first-order chi connectivity index (χ1) is 12.2. The number of ether oxygens (including phenoxy) is 1. The lowest BCUT2D eigenvalue weighted by Gasteiger charge is -2.12. The molecule has 1 aromatic carbocycles. The molecule has 0 radical (unpaired) electrons. The van der Waals surface area contributed by atoms with Crippen LogP contribution in [0.2, 0.25) is 0 Å². The highest BCUT2D eigenvalue weighted by Crippen LogP contribution is 2.29. The van der Waals surface area contributed by atoms with Crippen molar-refractivity contribution in [3.05, 3.63) is 35.2 Å². The maximum Gasteiger partial charge on any atom is 0.191 e. The zero-order chi connectivity index (χ0) is 17.9. The predicted molar refractivity (Wildman–Crippen MR) is 106 cm³/mol. The van der Waals surface area contributed by atoms with Crippen molar-refractivity contribution in [2.75, 3.05) is 32.8 Å². The van der Waals surface area contributed by atoms with Crippen LogP contribution in [-0.2, 0) is 4.74 Å². The molecule has 0 saturated carbocycles. The fourth-order valence-electron chi connectivity index (χ4n) is 2.37. The summed E-state index contributed by atoms with van der Waals surface area (Å²) >= 11 is 1.62. The summed E-state index contributed by atoms with van der Waals surface area (Å²) < 4.78 is 6.73. The molecule has 0 aliphatic carbocycles. The monoisotopic (exact) mass is 363 g/mol. The Hall–Kier alpha value is -1.63. The highest BCUT2D eigenvalue weighted by atomic mass is 32.1. The summed E-state index contributed by atoms with van der Waals surface area (Å²) in [6, 6.07) is 10.2. The molecule has 0 bridgehead atoms. The number of aliphatic imine (C=N–C) groups is 1. The molecule has 0 fully saturated rings. The summed E-state index contributed by atoms with van der Waals surface area (Å²) in [6.45, 7) is 7.45. The molecule has 25 heavy (non-hydrogen) atoms. The summed E-state index contributed by atoms with van der Waals surface area (Å²) in [5.41, 5.74) is 0. The van der Waals surface area contributed by atoms with E-state index in [0.29, 0.717) is 25.7 Å². The van der Waals surface area contributed by atoms with E-state index in [1.165, 1.54) is 10.1 Å². The van der Waals surface area contributed by atoms with Crippen LogP contribution in [0.5, 0.6) is 0 Å². The van der Waals surface area contributed by atoms with Gasteiger partial charge >= 0.3 is 0 Å². The summed E-state index contributed by atoms with van der Waals surface area (Å²) in [7, 11) is 0. The summed E-state index contributed by atoms with van der Waals surface area (Å²) in [5, 5.41) is 18.0. The van der Waals surface area contributed by atoms with Crippen molar-refractivity contribution in [3.8, 4) is 0 Å². The van der Waals surface area contributed by atoms with Gasteiger partial charge in [0.25, 0.3) is 0 Å². The minimum absolute atomic E-state index is 0.332. The van der Waals surface area contributed by atoms with Gasteiger partial charge in [0.2, 0.25) is 0 Å². The van der Waals surface area contributed by atoms with E-state index >= 15 is 0 Å². The number of hydrogen-bond acceptors (Lipinski definition) is 4. The molecule has 2 rings (SSSR count). The lowest BCUT2D eigenvalue weighted by molar-refractivity contribution is 0.136. The Kier molecular flexibility index (Phi) is 8.72. The number of aliphatic hydroxyl groups is 1. The van der Waals surface area contributed by atoms with Gasteiger partial charge in [-0.15, -0.1) is 11.3 Å². The van der Waals surface area contributed by atoms with E-state index in [1.807, 2.05) is 25.1 Å². The zero-order valence-corrected chi connectivity index (χ0v) is 15.9. The van der Waals surface area contributed by atoms with Gasteiger partial charge < -0.3 is 20.5 Å². The second kappa shape index (κ2) is 11.1. The van der Waals surface area contributed by atoms with Gasteiger partial charge in [-0.05, 0) is 30.9 Å². The minimum atomic E-state index is -0.589. The van der Waals surface area contributed by atoms with Crippen LogP contribution in [0.3, 0.4) is 0 Å². The van der Waals surface area contributed by atoms with Crippen LogP contribution in [0.15, 0.2) is 35.3 Å². The number of nitrogens with zero attached hydrogens (tertiary/aromatic N) is 1. The van der Waals surface area contributed by atoms with Crippen LogP contribution < -0.4 is 10.6 Å². The number of rotatable bonds is 10. The van der Waals surface area contributed by atoms with Crippen LogP contribution in [0, 0.1) is 0 Å². The first-order valence-electron chi connectivity index (χ1n) is 9.01. The van der Waals surface area contributed by atoms with Crippen LogP contribution in [0.1, 0.15) is 37.7 Å². The molecule has 1 aromatic heterocycles. The molecule has 6 heteroatoms. The standard InChI is InChI=1S/C19H29N3O2S/c1-3-5-11-24-12-10-21-19(20-4-2)22-14-16(23)18-13-15-8-6-7-9-17(15)25-18/h6-9,13,16,23H,3-5,10-12,14H2,1-2H3,(H2,20,21,22). The summed E-state index contributed by atoms with van der Waals surface area (Å²) in [5.74, 6) is 0.710. The SMILES string of the molecule is CCCCOCCNC(=NCC(O)c1cc2ccccc2s1)NCC. The molecule has 0 spiro atoms. The Morgan fingerprint density at radius 2 is 2.08 bits per heavy atom. The molecule has 5 nitrogen and oxygen atoms in total. The third kappa shape index (κ3) is 6.65. The molecule has 1 atom stereocenters. The zero-order valence-electron chi connectivity index (χ0n) is 15.1. The minimum Gasteiger partial charge on any atom is -0.386 e. The Labute approximate surface area is 154 Å². The van der Waals surface area contributed by atoms with E-state index in [1.54, 1.807) is 11.3 Å². The molecular weight excluding hydrogens is 334 g/mol. The highest BCUT2D eigenvalue weighted by molar-refractivity contribution is 7.19. The number of guanidine groups is 1. The Morgan fingerprint density at radius 1 is 1.24 bits per heavy atom. The fraction of sp³-hybridized carbons (Fsp3) is 0.526. The molecule has 1 heterocycles. The van der Waals surface area contributed by atoms with Gasteiger partial charge in [0.15, 0.2) is 5.96 Å². The Bertz CT molecular complexity index is 624. The number of unbranched alkanes of at least 4 members (excludes halogenated alkanes) is 1. The van der Waals surface area contributed by atoms with Crippen molar-refractivity contribution in [1.82, 2.24) is 10.6 Å². The number of aliphatic hydroxyl groups excluding tert-OH is 1. The van der Waals surface area contributed by atoms with E-state index in [2.05, 4.69) is 34.7 Å². The van der Waals surface area contributed by atoms with Crippen molar-refractivity contribution in [2.45, 2.75) is 32.8 Å². The van der Waals surface area contributed by atoms with Crippen molar-refractivity contribution in [2.24, 2.45) is 4.99 Å². The second-order valence-electron chi connectivity index (χ2n) is 5.81. The van der Waals surface area contributed by atoms with Crippen LogP contribution in [0.25, 0.3) is 10.1 Å². The number of nitrogens with one attached hydrogen (secondary N) is 2. The maximum atomic E-state index is 10.4. The van der Waals surface area contributed by atoms with Gasteiger partial charge in [0.05, 0.1) is 13.2 Å². The summed E-state index contributed by atoms with van der Waals surface area (Å²) in [6.07, 6.45) is 1.65. The van der Waals surface area contributed by atoms with Crippen LogP contribution >= 0.6 is 11.3 Å². The molecule has 2 aromatic rings. The smallest absolute Gasteiger partial charge is 0.191 e. The van der Waals surface area contributed by atoms with Gasteiger partial charge in [0, 0.05) is 29.3 Å².